The molecule has 0 amide bonds. The monoisotopic (exact) mass is 303 g/mol. The third kappa shape index (κ3) is 3.48. The summed E-state index contributed by atoms with van der Waals surface area (Å²) in [4.78, 5) is 0.291. The van der Waals surface area contributed by atoms with Crippen molar-refractivity contribution in [3.05, 3.63) is 24.3 Å². The van der Waals surface area contributed by atoms with Crippen LogP contribution in [-0.2, 0) is 19.7 Å². The van der Waals surface area contributed by atoms with E-state index in [9.17, 15) is 16.8 Å². The second-order valence-electron chi connectivity index (χ2n) is 4.67. The molecule has 0 spiro atoms. The lowest BCUT2D eigenvalue weighted by molar-refractivity contribution is 0.597. The van der Waals surface area contributed by atoms with E-state index in [2.05, 4.69) is 5.32 Å². The Morgan fingerprint density at radius 1 is 1.26 bits per heavy atom. The first-order chi connectivity index (χ1) is 8.82. The summed E-state index contributed by atoms with van der Waals surface area (Å²) in [6.07, 6.45) is 0.595. The highest BCUT2D eigenvalue weighted by Crippen LogP contribution is 2.19. The van der Waals surface area contributed by atoms with Gasteiger partial charge in [-0.2, -0.15) is 0 Å². The van der Waals surface area contributed by atoms with Crippen molar-refractivity contribution in [2.45, 2.75) is 24.3 Å². The minimum atomic E-state index is -3.18. The van der Waals surface area contributed by atoms with Crippen LogP contribution in [0.25, 0.3) is 0 Å². The van der Waals surface area contributed by atoms with E-state index in [1.165, 1.54) is 0 Å². The van der Waals surface area contributed by atoms with Crippen LogP contribution in [0, 0.1) is 0 Å². The van der Waals surface area contributed by atoms with Crippen LogP contribution in [0.2, 0.25) is 0 Å². The maximum atomic E-state index is 11.6. The number of sulfone groups is 2. The summed E-state index contributed by atoms with van der Waals surface area (Å²) in [5.41, 5.74) is 0.747. The van der Waals surface area contributed by atoms with Crippen LogP contribution >= 0.6 is 0 Å². The van der Waals surface area contributed by atoms with Gasteiger partial charge < -0.3 is 5.32 Å². The second kappa shape index (κ2) is 5.13. The average Bonchev–Trinajstić information content (AvgIpc) is 2.69. The molecule has 1 saturated heterocycles. The van der Waals surface area contributed by atoms with Crippen molar-refractivity contribution in [2.24, 2.45) is 0 Å². The van der Waals surface area contributed by atoms with Crippen molar-refractivity contribution in [3.8, 4) is 0 Å². The third-order valence-electron chi connectivity index (χ3n) is 3.20. The average molecular weight is 303 g/mol. The Morgan fingerprint density at radius 3 is 2.37 bits per heavy atom. The normalized spacial score (nSPS) is 22.3. The van der Waals surface area contributed by atoms with Crippen molar-refractivity contribution in [2.75, 3.05) is 22.6 Å². The van der Waals surface area contributed by atoms with Gasteiger partial charge in [-0.25, -0.2) is 16.8 Å². The third-order valence-corrected chi connectivity index (χ3v) is 6.72. The molecule has 1 atom stereocenters. The number of anilines is 1. The fourth-order valence-electron chi connectivity index (χ4n) is 2.07. The lowest BCUT2D eigenvalue weighted by atomic mass is 10.2. The Morgan fingerprint density at radius 2 is 1.89 bits per heavy atom. The lowest BCUT2D eigenvalue weighted by Crippen LogP contribution is -2.20. The smallest absolute Gasteiger partial charge is 0.178 e. The van der Waals surface area contributed by atoms with E-state index in [-0.39, 0.29) is 23.3 Å². The van der Waals surface area contributed by atoms with Gasteiger partial charge in [-0.15, -0.1) is 0 Å². The maximum Gasteiger partial charge on any atom is 0.178 e. The van der Waals surface area contributed by atoms with E-state index >= 15 is 0 Å². The van der Waals surface area contributed by atoms with Crippen LogP contribution in [-0.4, -0.2) is 40.1 Å². The van der Waals surface area contributed by atoms with E-state index < -0.39 is 19.7 Å². The summed E-state index contributed by atoms with van der Waals surface area (Å²) in [5.74, 6) is 0.426. The minimum absolute atomic E-state index is 0.0701. The molecule has 7 heteroatoms. The Kier molecular flexibility index (Phi) is 3.87. The van der Waals surface area contributed by atoms with Gasteiger partial charge in [0, 0.05) is 11.7 Å². The number of rotatable bonds is 4. The fraction of sp³-hybridized carbons (Fsp3) is 0.500. The summed E-state index contributed by atoms with van der Waals surface area (Å²) in [6.45, 7) is 1.60. The molecule has 1 aliphatic rings. The minimum Gasteiger partial charge on any atom is -0.381 e. The first-order valence-corrected chi connectivity index (χ1v) is 9.59. The number of benzene rings is 1. The number of hydrogen-bond donors (Lipinski definition) is 1. The van der Waals surface area contributed by atoms with Crippen LogP contribution < -0.4 is 5.32 Å². The lowest BCUT2D eigenvalue weighted by Gasteiger charge is -2.12. The van der Waals surface area contributed by atoms with Crippen molar-refractivity contribution < 1.29 is 16.8 Å². The van der Waals surface area contributed by atoms with Crippen LogP contribution in [0.4, 0.5) is 5.69 Å². The molecule has 0 bridgehead atoms. The van der Waals surface area contributed by atoms with Gasteiger partial charge in [-0.05, 0) is 30.7 Å². The standard InChI is InChI=1S/C12H17NO4S2/c1-2-19(16,17)12-5-3-10(4-6-12)13-11-7-8-18(14,15)9-11/h3-6,11,13H,2,7-9H2,1H3. The van der Waals surface area contributed by atoms with Crippen LogP contribution in [0.15, 0.2) is 29.2 Å². The van der Waals surface area contributed by atoms with Gasteiger partial charge in [0.05, 0.1) is 22.2 Å². The van der Waals surface area contributed by atoms with E-state index in [4.69, 9.17) is 0 Å². The first-order valence-electron chi connectivity index (χ1n) is 6.12. The van der Waals surface area contributed by atoms with Crippen molar-refractivity contribution in [1.29, 1.82) is 0 Å². The molecule has 5 nitrogen and oxygen atoms in total. The van der Waals surface area contributed by atoms with E-state index in [1.807, 2.05) is 0 Å². The van der Waals surface area contributed by atoms with Crippen molar-refractivity contribution >= 4 is 25.4 Å². The summed E-state index contributed by atoms with van der Waals surface area (Å²) < 4.78 is 46.0. The predicted octanol–water partition coefficient (Wildman–Crippen LogP) is 1.08. The summed E-state index contributed by atoms with van der Waals surface area (Å²) >= 11 is 0. The molecule has 1 N–H and O–H groups in total. The Hall–Kier alpha value is -1.08. The molecule has 1 unspecified atom stereocenters. The molecular formula is C12H17NO4S2. The Bertz CT molecular complexity index is 647. The van der Waals surface area contributed by atoms with Gasteiger partial charge in [0.2, 0.25) is 0 Å². The molecule has 106 valence electrons. The molecule has 0 aromatic heterocycles. The fourth-order valence-corrected chi connectivity index (χ4v) is 4.63. The molecule has 2 rings (SSSR count). The number of hydrogen-bond acceptors (Lipinski definition) is 5. The second-order valence-corrected chi connectivity index (χ2v) is 9.18. The van der Waals surface area contributed by atoms with Crippen molar-refractivity contribution in [3.63, 3.8) is 0 Å². The van der Waals surface area contributed by atoms with Crippen LogP contribution in [0.3, 0.4) is 0 Å². The molecule has 1 aliphatic heterocycles. The molecule has 0 aliphatic carbocycles. The molecule has 0 radical (unpaired) electrons. The van der Waals surface area contributed by atoms with Crippen molar-refractivity contribution in [1.82, 2.24) is 0 Å². The van der Waals surface area contributed by atoms with E-state index in [1.54, 1.807) is 31.2 Å². The van der Waals surface area contributed by atoms with Gasteiger partial charge in [0.1, 0.15) is 0 Å². The highest BCUT2D eigenvalue weighted by Gasteiger charge is 2.27. The zero-order chi connectivity index (χ0) is 14.1. The molecule has 1 aromatic rings. The Labute approximate surface area is 113 Å². The summed E-state index contributed by atoms with van der Waals surface area (Å²) in [5, 5.41) is 3.12. The van der Waals surface area contributed by atoms with Gasteiger partial charge in [0.25, 0.3) is 0 Å². The highest BCUT2D eigenvalue weighted by atomic mass is 32.2. The topological polar surface area (TPSA) is 80.3 Å². The van der Waals surface area contributed by atoms with Crippen LogP contribution in [0.5, 0.6) is 0 Å². The Balaban J connectivity index is 2.08. The maximum absolute atomic E-state index is 11.6. The molecule has 1 aromatic carbocycles. The van der Waals surface area contributed by atoms with Gasteiger partial charge in [0.15, 0.2) is 19.7 Å². The molecule has 19 heavy (non-hydrogen) atoms. The predicted molar refractivity (Wildman–Crippen MR) is 74.9 cm³/mol. The zero-order valence-corrected chi connectivity index (χ0v) is 12.3. The largest absolute Gasteiger partial charge is 0.381 e. The first kappa shape index (κ1) is 14.3. The number of nitrogens with one attached hydrogen (secondary N) is 1. The zero-order valence-electron chi connectivity index (χ0n) is 10.7. The SMILES string of the molecule is CCS(=O)(=O)c1ccc(NC2CCS(=O)(=O)C2)cc1. The van der Waals surface area contributed by atoms with E-state index in [0.29, 0.717) is 11.3 Å². The molecule has 1 heterocycles. The van der Waals surface area contributed by atoms with E-state index in [0.717, 1.165) is 5.69 Å². The van der Waals surface area contributed by atoms with Gasteiger partial charge in [-0.3, -0.25) is 0 Å². The molecular weight excluding hydrogens is 286 g/mol. The summed E-state index contributed by atoms with van der Waals surface area (Å²) in [6, 6.07) is 6.36. The van der Waals surface area contributed by atoms with Gasteiger partial charge >= 0.3 is 0 Å². The highest BCUT2D eigenvalue weighted by molar-refractivity contribution is 7.91. The summed E-state index contributed by atoms with van der Waals surface area (Å²) in [7, 11) is -6.09. The quantitative estimate of drug-likeness (QED) is 0.900. The van der Waals surface area contributed by atoms with Gasteiger partial charge in [-0.1, -0.05) is 6.92 Å². The molecule has 1 fully saturated rings. The van der Waals surface area contributed by atoms with Crippen LogP contribution in [0.1, 0.15) is 13.3 Å². The molecule has 0 saturated carbocycles.